The highest BCUT2D eigenvalue weighted by Crippen LogP contribution is 2.01. The lowest BCUT2D eigenvalue weighted by molar-refractivity contribution is -0.166. The number of carbonyl (C=O) groups excluding carboxylic acids is 3. The molecule has 1 unspecified atom stereocenters. The summed E-state index contributed by atoms with van der Waals surface area (Å²) in [4.78, 5) is 32.4. The molecule has 0 aliphatic rings. The summed E-state index contributed by atoms with van der Waals surface area (Å²) in [7, 11) is 1.16. The average Bonchev–Trinajstić information content (AvgIpc) is 2.14. The number of esters is 3. The van der Waals surface area contributed by atoms with Gasteiger partial charge in [0.05, 0.1) is 7.11 Å². The molecule has 1 atom stereocenters. The fourth-order valence-electron chi connectivity index (χ4n) is 0.546. The van der Waals surface area contributed by atoms with Gasteiger partial charge in [-0.3, -0.25) is 14.4 Å². The van der Waals surface area contributed by atoms with E-state index in [2.05, 4.69) is 9.47 Å². The Balaban J connectivity index is 4.11. The third kappa shape index (κ3) is 3.68. The van der Waals surface area contributed by atoms with Crippen molar-refractivity contribution in [2.24, 2.45) is 5.92 Å². The molecule has 0 aliphatic heterocycles. The second-order valence-corrected chi connectivity index (χ2v) is 2.39. The Hall–Kier alpha value is -1.39. The van der Waals surface area contributed by atoms with E-state index in [-0.39, 0.29) is 6.42 Å². The van der Waals surface area contributed by atoms with Crippen molar-refractivity contribution >= 4 is 17.9 Å². The Morgan fingerprint density at radius 1 is 1.23 bits per heavy atom. The van der Waals surface area contributed by atoms with E-state index in [1.54, 1.807) is 6.92 Å². The predicted octanol–water partition coefficient (Wildman–Crippen LogP) is 0.275. The van der Waals surface area contributed by atoms with E-state index in [4.69, 9.17) is 0 Å². The van der Waals surface area contributed by atoms with Gasteiger partial charge in [0, 0.05) is 6.42 Å². The zero-order valence-electron chi connectivity index (χ0n) is 7.83. The number of methoxy groups -OCH3 is 1. The van der Waals surface area contributed by atoms with Crippen LogP contribution in [0.25, 0.3) is 0 Å². The van der Waals surface area contributed by atoms with E-state index in [0.29, 0.717) is 0 Å². The van der Waals surface area contributed by atoms with Gasteiger partial charge in [0.1, 0.15) is 0 Å². The van der Waals surface area contributed by atoms with Gasteiger partial charge in [-0.1, -0.05) is 6.92 Å². The smallest absolute Gasteiger partial charge is 0.327 e. The van der Waals surface area contributed by atoms with Crippen molar-refractivity contribution in [3.05, 3.63) is 0 Å². The highest BCUT2D eigenvalue weighted by Gasteiger charge is 2.25. The summed E-state index contributed by atoms with van der Waals surface area (Å²) in [6.07, 6.45) is 0.0969. The lowest BCUT2D eigenvalue weighted by Gasteiger charge is -2.06. The van der Waals surface area contributed by atoms with Crippen LogP contribution in [0, 0.1) is 5.92 Å². The van der Waals surface area contributed by atoms with E-state index in [0.717, 1.165) is 7.11 Å². The number of rotatable bonds is 3. The minimum Gasteiger partial charge on any atom is -0.468 e. The van der Waals surface area contributed by atoms with Crippen molar-refractivity contribution in [1.82, 2.24) is 0 Å². The molecule has 74 valence electrons. The van der Waals surface area contributed by atoms with Crippen molar-refractivity contribution in [2.45, 2.75) is 20.3 Å². The standard InChI is InChI=1S/C8H12O5/c1-4-6(9)13-8(11)5(2)7(10)12-3/h5H,4H2,1-3H3. The quantitative estimate of drug-likeness (QED) is 0.469. The Morgan fingerprint density at radius 3 is 2.15 bits per heavy atom. The Morgan fingerprint density at radius 2 is 1.77 bits per heavy atom. The largest absolute Gasteiger partial charge is 0.468 e. The number of ether oxygens (including phenoxy) is 2. The molecule has 0 rings (SSSR count). The topological polar surface area (TPSA) is 69.7 Å². The lowest BCUT2D eigenvalue weighted by Crippen LogP contribution is -2.26. The van der Waals surface area contributed by atoms with E-state index in [9.17, 15) is 14.4 Å². The van der Waals surface area contributed by atoms with E-state index in [1.807, 2.05) is 0 Å². The van der Waals surface area contributed by atoms with Crippen molar-refractivity contribution in [3.8, 4) is 0 Å². The highest BCUT2D eigenvalue weighted by molar-refractivity contribution is 5.98. The van der Waals surface area contributed by atoms with Gasteiger partial charge in [0.2, 0.25) is 0 Å². The van der Waals surface area contributed by atoms with Crippen LogP contribution in [-0.4, -0.2) is 25.0 Å². The third-order valence-corrected chi connectivity index (χ3v) is 1.41. The molecule has 0 aromatic carbocycles. The van der Waals surface area contributed by atoms with Crippen LogP contribution < -0.4 is 0 Å². The molecule has 13 heavy (non-hydrogen) atoms. The summed E-state index contributed by atoms with van der Waals surface area (Å²) in [5, 5.41) is 0. The summed E-state index contributed by atoms with van der Waals surface area (Å²) in [6, 6.07) is 0. The van der Waals surface area contributed by atoms with Crippen LogP contribution in [0.1, 0.15) is 20.3 Å². The van der Waals surface area contributed by atoms with Crippen LogP contribution in [-0.2, 0) is 23.9 Å². The summed E-state index contributed by atoms with van der Waals surface area (Å²) in [5.41, 5.74) is 0. The molecule has 0 aliphatic carbocycles. The minimum atomic E-state index is -1.06. The van der Waals surface area contributed by atoms with E-state index < -0.39 is 23.8 Å². The van der Waals surface area contributed by atoms with Crippen molar-refractivity contribution < 1.29 is 23.9 Å². The molecule has 5 heteroatoms. The van der Waals surface area contributed by atoms with Gasteiger partial charge >= 0.3 is 17.9 Å². The van der Waals surface area contributed by atoms with Crippen molar-refractivity contribution in [1.29, 1.82) is 0 Å². The summed E-state index contributed by atoms with van der Waals surface area (Å²) < 4.78 is 8.60. The highest BCUT2D eigenvalue weighted by atomic mass is 16.6. The molecule has 0 aromatic heterocycles. The first kappa shape index (κ1) is 11.6. The minimum absolute atomic E-state index is 0.0969. The van der Waals surface area contributed by atoms with Gasteiger partial charge in [-0.25, -0.2) is 0 Å². The van der Waals surface area contributed by atoms with Gasteiger partial charge in [0.15, 0.2) is 5.92 Å². The van der Waals surface area contributed by atoms with Crippen molar-refractivity contribution in [3.63, 3.8) is 0 Å². The summed E-state index contributed by atoms with van der Waals surface area (Å²) in [6.45, 7) is 2.87. The number of carbonyl (C=O) groups is 3. The summed E-state index contributed by atoms with van der Waals surface area (Å²) in [5.74, 6) is -3.30. The third-order valence-electron chi connectivity index (χ3n) is 1.41. The monoisotopic (exact) mass is 188 g/mol. The van der Waals surface area contributed by atoms with Crippen LogP contribution in [0.5, 0.6) is 0 Å². The molecule has 0 amide bonds. The zero-order chi connectivity index (χ0) is 10.4. The first-order chi connectivity index (χ1) is 6.02. The van der Waals surface area contributed by atoms with Crippen molar-refractivity contribution in [2.75, 3.05) is 7.11 Å². The van der Waals surface area contributed by atoms with Crippen LogP contribution in [0.15, 0.2) is 0 Å². The predicted molar refractivity (Wildman–Crippen MR) is 42.6 cm³/mol. The van der Waals surface area contributed by atoms with Gasteiger partial charge in [-0.2, -0.15) is 0 Å². The normalized spacial score (nSPS) is 11.6. The molecule has 0 fully saturated rings. The number of hydrogen-bond donors (Lipinski definition) is 0. The Labute approximate surface area is 76.0 Å². The van der Waals surface area contributed by atoms with E-state index >= 15 is 0 Å². The second-order valence-electron chi connectivity index (χ2n) is 2.39. The molecule has 0 radical (unpaired) electrons. The molecule has 0 spiro atoms. The maximum atomic E-state index is 11.0. The fraction of sp³-hybridized carbons (Fsp3) is 0.625. The second kappa shape index (κ2) is 5.29. The van der Waals surface area contributed by atoms with Gasteiger partial charge in [-0.05, 0) is 6.92 Å². The van der Waals surface area contributed by atoms with E-state index in [1.165, 1.54) is 6.92 Å². The Bertz CT molecular complexity index is 221. The first-order valence-corrected chi connectivity index (χ1v) is 3.85. The van der Waals surface area contributed by atoms with Crippen LogP contribution in [0.3, 0.4) is 0 Å². The molecule has 0 N–H and O–H groups in total. The van der Waals surface area contributed by atoms with Gasteiger partial charge < -0.3 is 9.47 Å². The zero-order valence-corrected chi connectivity index (χ0v) is 7.83. The van der Waals surface area contributed by atoms with Crippen LogP contribution >= 0.6 is 0 Å². The fourth-order valence-corrected chi connectivity index (χ4v) is 0.546. The molecular weight excluding hydrogens is 176 g/mol. The molecular formula is C8H12O5. The van der Waals surface area contributed by atoms with Gasteiger partial charge in [0.25, 0.3) is 0 Å². The lowest BCUT2D eigenvalue weighted by atomic mass is 10.2. The molecule has 0 aromatic rings. The molecule has 5 nitrogen and oxygen atoms in total. The van der Waals surface area contributed by atoms with Crippen LogP contribution in [0.4, 0.5) is 0 Å². The molecule has 0 bridgehead atoms. The average molecular weight is 188 g/mol. The SMILES string of the molecule is CCC(=O)OC(=O)C(C)C(=O)OC. The first-order valence-electron chi connectivity index (χ1n) is 3.85. The molecule has 0 saturated carbocycles. The molecule has 0 heterocycles. The number of hydrogen-bond acceptors (Lipinski definition) is 5. The molecule has 0 saturated heterocycles. The maximum Gasteiger partial charge on any atom is 0.327 e. The van der Waals surface area contributed by atoms with Gasteiger partial charge in [-0.15, -0.1) is 0 Å². The summed E-state index contributed by atoms with van der Waals surface area (Å²) >= 11 is 0. The maximum absolute atomic E-state index is 11.0. The van der Waals surface area contributed by atoms with Crippen LogP contribution in [0.2, 0.25) is 0 Å². The Kier molecular flexibility index (Phi) is 4.72.